The minimum absolute atomic E-state index is 0.207. The SMILES string of the molecule is Cc1c(OCCCCOc2ccccn2)ccc(C(=O)CC(C)C)c1C. The number of unbranched alkanes of at least 4 members (excludes halogenated alkanes) is 1. The van der Waals surface area contributed by atoms with E-state index in [2.05, 4.69) is 18.8 Å². The number of Topliss-reactive ketones (excluding diaryl/α,β-unsaturated/α-hetero) is 1. The second kappa shape index (κ2) is 9.95. The molecule has 1 aromatic heterocycles. The van der Waals surface area contributed by atoms with E-state index in [9.17, 15) is 4.79 Å². The Kier molecular flexibility index (Phi) is 7.64. The maximum atomic E-state index is 12.3. The zero-order valence-corrected chi connectivity index (χ0v) is 16.2. The van der Waals surface area contributed by atoms with E-state index >= 15 is 0 Å². The molecule has 1 aromatic carbocycles. The van der Waals surface area contributed by atoms with E-state index in [0.717, 1.165) is 35.3 Å². The van der Waals surface area contributed by atoms with Crippen molar-refractivity contribution in [2.45, 2.75) is 47.0 Å². The molecule has 0 N–H and O–H groups in total. The zero-order valence-electron chi connectivity index (χ0n) is 16.2. The third-order valence-electron chi connectivity index (χ3n) is 4.32. The Morgan fingerprint density at radius 1 is 1.00 bits per heavy atom. The van der Waals surface area contributed by atoms with Crippen molar-refractivity contribution >= 4 is 5.78 Å². The Morgan fingerprint density at radius 2 is 1.73 bits per heavy atom. The first-order valence-electron chi connectivity index (χ1n) is 9.29. The molecule has 2 rings (SSSR count). The average molecular weight is 355 g/mol. The topological polar surface area (TPSA) is 48.4 Å². The van der Waals surface area contributed by atoms with Gasteiger partial charge in [-0.05, 0) is 61.9 Å². The van der Waals surface area contributed by atoms with Crippen LogP contribution in [-0.4, -0.2) is 24.0 Å². The molecule has 0 aliphatic heterocycles. The summed E-state index contributed by atoms with van der Waals surface area (Å²) in [6.45, 7) is 9.40. The van der Waals surface area contributed by atoms with Gasteiger partial charge in [-0.15, -0.1) is 0 Å². The molecule has 0 spiro atoms. The van der Waals surface area contributed by atoms with Crippen LogP contribution in [0, 0.1) is 19.8 Å². The molecule has 0 atom stereocenters. The zero-order chi connectivity index (χ0) is 18.9. The molecule has 0 unspecified atom stereocenters. The van der Waals surface area contributed by atoms with Gasteiger partial charge >= 0.3 is 0 Å². The smallest absolute Gasteiger partial charge is 0.213 e. The third-order valence-corrected chi connectivity index (χ3v) is 4.32. The summed E-state index contributed by atoms with van der Waals surface area (Å²) in [5, 5.41) is 0. The number of carbonyl (C=O) groups excluding carboxylic acids is 1. The van der Waals surface area contributed by atoms with Crippen LogP contribution >= 0.6 is 0 Å². The molecular weight excluding hydrogens is 326 g/mol. The molecule has 26 heavy (non-hydrogen) atoms. The van der Waals surface area contributed by atoms with Crippen molar-refractivity contribution in [3.8, 4) is 11.6 Å². The van der Waals surface area contributed by atoms with Crippen molar-refractivity contribution in [1.29, 1.82) is 0 Å². The van der Waals surface area contributed by atoms with Crippen LogP contribution in [0.3, 0.4) is 0 Å². The summed E-state index contributed by atoms with van der Waals surface area (Å²) in [5.74, 6) is 2.08. The van der Waals surface area contributed by atoms with Crippen molar-refractivity contribution < 1.29 is 14.3 Å². The molecular formula is C22H29NO3. The maximum absolute atomic E-state index is 12.3. The van der Waals surface area contributed by atoms with Gasteiger partial charge in [-0.3, -0.25) is 4.79 Å². The molecule has 0 amide bonds. The van der Waals surface area contributed by atoms with Crippen LogP contribution in [-0.2, 0) is 0 Å². The number of hydrogen-bond acceptors (Lipinski definition) is 4. The van der Waals surface area contributed by atoms with Gasteiger partial charge in [0, 0.05) is 24.2 Å². The van der Waals surface area contributed by atoms with E-state index in [0.29, 0.717) is 31.4 Å². The van der Waals surface area contributed by atoms with E-state index in [1.165, 1.54) is 0 Å². The molecule has 0 aliphatic rings. The fraction of sp³-hybridized carbons (Fsp3) is 0.455. The Bertz CT molecular complexity index is 711. The molecule has 140 valence electrons. The fourth-order valence-electron chi connectivity index (χ4n) is 2.73. The van der Waals surface area contributed by atoms with Crippen LogP contribution in [0.4, 0.5) is 0 Å². The van der Waals surface area contributed by atoms with E-state index in [1.54, 1.807) is 6.20 Å². The molecule has 0 aliphatic carbocycles. The Labute approximate surface area is 156 Å². The lowest BCUT2D eigenvalue weighted by Crippen LogP contribution is -2.08. The van der Waals surface area contributed by atoms with Gasteiger partial charge in [0.05, 0.1) is 13.2 Å². The average Bonchev–Trinajstić information content (AvgIpc) is 2.61. The lowest BCUT2D eigenvalue weighted by atomic mass is 9.95. The highest BCUT2D eigenvalue weighted by Gasteiger charge is 2.14. The van der Waals surface area contributed by atoms with Crippen molar-refractivity contribution in [2.24, 2.45) is 5.92 Å². The molecule has 1 heterocycles. The maximum Gasteiger partial charge on any atom is 0.213 e. The van der Waals surface area contributed by atoms with Crippen molar-refractivity contribution in [2.75, 3.05) is 13.2 Å². The summed E-state index contributed by atoms with van der Waals surface area (Å²) in [6.07, 6.45) is 4.11. The highest BCUT2D eigenvalue weighted by Crippen LogP contribution is 2.26. The minimum Gasteiger partial charge on any atom is -0.493 e. The van der Waals surface area contributed by atoms with Crippen molar-refractivity contribution in [3.05, 3.63) is 53.2 Å². The molecule has 0 radical (unpaired) electrons. The molecule has 0 bridgehead atoms. The van der Waals surface area contributed by atoms with Crippen LogP contribution in [0.5, 0.6) is 11.6 Å². The minimum atomic E-state index is 0.207. The first kappa shape index (κ1) is 20.0. The lowest BCUT2D eigenvalue weighted by molar-refractivity contribution is 0.0967. The second-order valence-electron chi connectivity index (χ2n) is 6.95. The molecule has 4 nitrogen and oxygen atoms in total. The number of ether oxygens (including phenoxy) is 2. The van der Waals surface area contributed by atoms with Gasteiger partial charge in [-0.25, -0.2) is 4.98 Å². The molecule has 0 saturated carbocycles. The lowest BCUT2D eigenvalue weighted by Gasteiger charge is -2.14. The van der Waals surface area contributed by atoms with Crippen molar-refractivity contribution in [3.63, 3.8) is 0 Å². The number of carbonyl (C=O) groups is 1. The van der Waals surface area contributed by atoms with E-state index < -0.39 is 0 Å². The van der Waals surface area contributed by atoms with Gasteiger partial charge in [0.25, 0.3) is 0 Å². The monoisotopic (exact) mass is 355 g/mol. The normalized spacial score (nSPS) is 10.8. The number of ketones is 1. The van der Waals surface area contributed by atoms with Gasteiger partial charge in [0.15, 0.2) is 5.78 Å². The van der Waals surface area contributed by atoms with E-state index in [-0.39, 0.29) is 5.78 Å². The third kappa shape index (κ3) is 5.87. The molecule has 0 fully saturated rings. The van der Waals surface area contributed by atoms with Crippen LogP contribution in [0.1, 0.15) is 54.6 Å². The van der Waals surface area contributed by atoms with Gasteiger partial charge in [-0.2, -0.15) is 0 Å². The van der Waals surface area contributed by atoms with Gasteiger partial charge < -0.3 is 9.47 Å². The Hall–Kier alpha value is -2.36. The van der Waals surface area contributed by atoms with Gasteiger partial charge in [0.1, 0.15) is 5.75 Å². The summed E-state index contributed by atoms with van der Waals surface area (Å²) in [6, 6.07) is 9.44. The first-order valence-corrected chi connectivity index (χ1v) is 9.29. The summed E-state index contributed by atoms with van der Waals surface area (Å²) in [7, 11) is 0. The van der Waals surface area contributed by atoms with E-state index in [1.807, 2.05) is 44.2 Å². The Balaban J connectivity index is 1.79. The number of benzene rings is 1. The second-order valence-corrected chi connectivity index (χ2v) is 6.95. The first-order chi connectivity index (χ1) is 12.5. The number of pyridine rings is 1. The van der Waals surface area contributed by atoms with E-state index in [4.69, 9.17) is 9.47 Å². The predicted octanol–water partition coefficient (Wildman–Crippen LogP) is 5.17. The number of hydrogen-bond donors (Lipinski definition) is 0. The van der Waals surface area contributed by atoms with Gasteiger partial charge in [0.2, 0.25) is 5.88 Å². The largest absolute Gasteiger partial charge is 0.493 e. The summed E-state index contributed by atoms with van der Waals surface area (Å²) in [5.41, 5.74) is 2.88. The highest BCUT2D eigenvalue weighted by molar-refractivity contribution is 5.98. The standard InChI is InChI=1S/C22H29NO3/c1-16(2)15-20(24)19-10-11-21(18(4)17(19)3)25-13-7-8-14-26-22-9-5-6-12-23-22/h5-6,9-12,16H,7-8,13-15H2,1-4H3. The van der Waals surface area contributed by atoms with Crippen LogP contribution in [0.2, 0.25) is 0 Å². The molecule has 2 aromatic rings. The number of rotatable bonds is 10. The summed E-state index contributed by atoms with van der Waals surface area (Å²) < 4.78 is 11.5. The van der Waals surface area contributed by atoms with Gasteiger partial charge in [-0.1, -0.05) is 19.9 Å². The van der Waals surface area contributed by atoms with Crippen LogP contribution < -0.4 is 9.47 Å². The Morgan fingerprint density at radius 3 is 2.38 bits per heavy atom. The van der Waals surface area contributed by atoms with Crippen LogP contribution in [0.15, 0.2) is 36.5 Å². The summed E-state index contributed by atoms with van der Waals surface area (Å²) in [4.78, 5) is 16.5. The highest BCUT2D eigenvalue weighted by atomic mass is 16.5. The number of nitrogens with zero attached hydrogens (tertiary/aromatic N) is 1. The summed E-state index contributed by atoms with van der Waals surface area (Å²) >= 11 is 0. The molecule has 0 saturated heterocycles. The fourth-order valence-corrected chi connectivity index (χ4v) is 2.73. The van der Waals surface area contributed by atoms with Crippen molar-refractivity contribution in [1.82, 2.24) is 4.98 Å². The quantitative estimate of drug-likeness (QED) is 0.436. The number of aromatic nitrogens is 1. The predicted molar refractivity (Wildman–Crippen MR) is 104 cm³/mol. The van der Waals surface area contributed by atoms with Crippen LogP contribution in [0.25, 0.3) is 0 Å². The molecule has 4 heteroatoms.